The SMILES string of the molecule is Cc1nc2c(-c3ccccc3)c(C(F)(F)F)[nH]n2c(=O)c1-c1nn(C(C)C)c(=O)o1. The first kappa shape index (κ1) is 19.7. The molecule has 11 heteroatoms. The van der Waals surface area contributed by atoms with E-state index in [2.05, 4.69) is 15.2 Å². The summed E-state index contributed by atoms with van der Waals surface area (Å²) < 4.78 is 48.0. The van der Waals surface area contributed by atoms with Gasteiger partial charge in [0, 0.05) is 0 Å². The number of fused-ring (bicyclic) bond motifs is 1. The third-order valence-electron chi connectivity index (χ3n) is 4.58. The second-order valence-electron chi connectivity index (χ2n) is 6.97. The summed E-state index contributed by atoms with van der Waals surface area (Å²) in [6, 6.07) is 7.51. The Labute approximate surface area is 166 Å². The van der Waals surface area contributed by atoms with Crippen LogP contribution in [0.5, 0.6) is 0 Å². The molecule has 0 atom stereocenters. The maximum absolute atomic E-state index is 13.7. The number of rotatable bonds is 3. The number of aromatic amines is 1. The molecule has 0 unspecified atom stereocenters. The predicted molar refractivity (Wildman–Crippen MR) is 101 cm³/mol. The van der Waals surface area contributed by atoms with Crippen molar-refractivity contribution in [3.63, 3.8) is 0 Å². The number of halogens is 3. The number of benzene rings is 1. The van der Waals surface area contributed by atoms with Gasteiger partial charge in [0.15, 0.2) is 5.65 Å². The summed E-state index contributed by atoms with van der Waals surface area (Å²) >= 11 is 0. The largest absolute Gasteiger partial charge is 0.437 e. The summed E-state index contributed by atoms with van der Waals surface area (Å²) in [6.07, 6.45) is -4.76. The maximum atomic E-state index is 13.7. The molecule has 3 aromatic heterocycles. The monoisotopic (exact) mass is 419 g/mol. The standard InChI is InChI=1S/C19H16F3N5O3/c1-9(2)26-18(29)30-16(25-26)12-10(3)23-15-13(11-7-5-4-6-8-11)14(19(20,21)22)24-27(15)17(12)28/h4-9,24H,1-3H3. The molecule has 4 rings (SSSR count). The van der Waals surface area contributed by atoms with Gasteiger partial charge in [-0.25, -0.2) is 9.78 Å². The van der Waals surface area contributed by atoms with Crippen LogP contribution >= 0.6 is 0 Å². The third kappa shape index (κ3) is 3.02. The van der Waals surface area contributed by atoms with E-state index in [9.17, 15) is 22.8 Å². The Kier molecular flexibility index (Phi) is 4.40. The molecule has 0 radical (unpaired) electrons. The topological polar surface area (TPSA) is 98.2 Å². The molecule has 0 aliphatic rings. The van der Waals surface area contributed by atoms with Gasteiger partial charge in [-0.15, -0.1) is 5.10 Å². The number of H-pyrrole nitrogens is 1. The van der Waals surface area contributed by atoms with Crippen LogP contribution in [0.4, 0.5) is 13.2 Å². The average molecular weight is 419 g/mol. The van der Waals surface area contributed by atoms with Crippen LogP contribution in [0.2, 0.25) is 0 Å². The normalized spacial score (nSPS) is 12.2. The fourth-order valence-electron chi connectivity index (χ4n) is 3.22. The van der Waals surface area contributed by atoms with E-state index < -0.39 is 23.2 Å². The van der Waals surface area contributed by atoms with Gasteiger partial charge in [0.2, 0.25) is 0 Å². The molecule has 0 amide bonds. The smallest absolute Gasteiger partial charge is 0.387 e. The summed E-state index contributed by atoms with van der Waals surface area (Å²) in [6.45, 7) is 4.84. The van der Waals surface area contributed by atoms with Crippen molar-refractivity contribution in [2.45, 2.75) is 33.0 Å². The molecule has 0 saturated heterocycles. The predicted octanol–water partition coefficient (Wildman–Crippen LogP) is 3.41. The molecule has 0 bridgehead atoms. The van der Waals surface area contributed by atoms with E-state index >= 15 is 0 Å². The highest BCUT2D eigenvalue weighted by Gasteiger charge is 2.38. The number of hydrogen-bond acceptors (Lipinski definition) is 5. The van der Waals surface area contributed by atoms with Crippen molar-refractivity contribution in [1.82, 2.24) is 24.4 Å². The van der Waals surface area contributed by atoms with Gasteiger partial charge in [0.05, 0.1) is 17.3 Å². The van der Waals surface area contributed by atoms with Crippen molar-refractivity contribution < 1.29 is 17.6 Å². The number of alkyl halides is 3. The van der Waals surface area contributed by atoms with Crippen molar-refractivity contribution in [3.05, 3.63) is 62.6 Å². The van der Waals surface area contributed by atoms with E-state index in [-0.39, 0.29) is 40.0 Å². The van der Waals surface area contributed by atoms with Crippen LogP contribution in [-0.2, 0) is 6.18 Å². The van der Waals surface area contributed by atoms with E-state index in [0.29, 0.717) is 4.52 Å². The third-order valence-corrected chi connectivity index (χ3v) is 4.58. The molecule has 156 valence electrons. The molecular weight excluding hydrogens is 403 g/mol. The van der Waals surface area contributed by atoms with Crippen LogP contribution in [0.1, 0.15) is 31.3 Å². The number of aromatic nitrogens is 5. The fourth-order valence-corrected chi connectivity index (χ4v) is 3.22. The van der Waals surface area contributed by atoms with Gasteiger partial charge in [-0.1, -0.05) is 30.3 Å². The van der Waals surface area contributed by atoms with Gasteiger partial charge in [0.25, 0.3) is 11.4 Å². The van der Waals surface area contributed by atoms with Crippen molar-refractivity contribution in [2.24, 2.45) is 0 Å². The molecule has 1 aromatic carbocycles. The molecule has 3 heterocycles. The minimum atomic E-state index is -4.76. The van der Waals surface area contributed by atoms with E-state index in [1.807, 2.05) is 0 Å². The first-order valence-electron chi connectivity index (χ1n) is 8.97. The number of hydrogen-bond donors (Lipinski definition) is 1. The highest BCUT2D eigenvalue weighted by Crippen LogP contribution is 2.38. The lowest BCUT2D eigenvalue weighted by atomic mass is 10.1. The number of aryl methyl sites for hydroxylation is 1. The van der Waals surface area contributed by atoms with Crippen LogP contribution in [0, 0.1) is 6.92 Å². The summed E-state index contributed by atoms with van der Waals surface area (Å²) in [5.74, 6) is -1.08. The first-order chi connectivity index (χ1) is 14.1. The molecule has 1 N–H and O–H groups in total. The van der Waals surface area contributed by atoms with Crippen molar-refractivity contribution in [1.29, 1.82) is 0 Å². The quantitative estimate of drug-likeness (QED) is 0.549. The Morgan fingerprint density at radius 2 is 1.77 bits per heavy atom. The zero-order valence-electron chi connectivity index (χ0n) is 16.1. The Balaban J connectivity index is 2.06. The molecule has 0 aliphatic carbocycles. The highest BCUT2D eigenvalue weighted by molar-refractivity contribution is 5.81. The molecule has 30 heavy (non-hydrogen) atoms. The molecule has 0 aliphatic heterocycles. The van der Waals surface area contributed by atoms with Crippen LogP contribution in [0.15, 0.2) is 44.3 Å². The summed E-state index contributed by atoms with van der Waals surface area (Å²) in [5, 5.41) is 6.11. The van der Waals surface area contributed by atoms with E-state index in [1.54, 1.807) is 32.0 Å². The minimum absolute atomic E-state index is 0.0852. The zero-order chi connectivity index (χ0) is 21.8. The molecule has 0 saturated carbocycles. The molecule has 0 spiro atoms. The van der Waals surface area contributed by atoms with Crippen molar-refractivity contribution >= 4 is 5.65 Å². The molecule has 8 nitrogen and oxygen atoms in total. The van der Waals surface area contributed by atoms with Gasteiger partial charge in [0.1, 0.15) is 11.3 Å². The Hall–Kier alpha value is -3.63. The fraction of sp³-hybridized carbons (Fsp3) is 0.263. The lowest BCUT2D eigenvalue weighted by Crippen LogP contribution is -2.20. The number of nitrogens with zero attached hydrogens (tertiary/aromatic N) is 4. The lowest BCUT2D eigenvalue weighted by Gasteiger charge is -2.07. The zero-order valence-corrected chi connectivity index (χ0v) is 16.1. The first-order valence-corrected chi connectivity index (χ1v) is 8.97. The Morgan fingerprint density at radius 3 is 2.33 bits per heavy atom. The van der Waals surface area contributed by atoms with Gasteiger partial charge >= 0.3 is 11.9 Å². The van der Waals surface area contributed by atoms with Crippen molar-refractivity contribution in [3.8, 4) is 22.6 Å². The van der Waals surface area contributed by atoms with Crippen LogP contribution in [0.3, 0.4) is 0 Å². The summed E-state index contributed by atoms with van der Waals surface area (Å²) in [4.78, 5) is 29.3. The van der Waals surface area contributed by atoms with Gasteiger partial charge in [-0.3, -0.25) is 9.89 Å². The maximum Gasteiger partial charge on any atom is 0.437 e. The lowest BCUT2D eigenvalue weighted by molar-refractivity contribution is -0.140. The average Bonchev–Trinajstić information content (AvgIpc) is 3.23. The second-order valence-corrected chi connectivity index (χ2v) is 6.97. The van der Waals surface area contributed by atoms with Gasteiger partial charge < -0.3 is 4.42 Å². The number of nitrogens with one attached hydrogen (secondary N) is 1. The van der Waals surface area contributed by atoms with Gasteiger partial charge in [-0.05, 0) is 26.3 Å². The van der Waals surface area contributed by atoms with Gasteiger partial charge in [-0.2, -0.15) is 22.4 Å². The Morgan fingerprint density at radius 1 is 1.10 bits per heavy atom. The molecule has 4 aromatic rings. The van der Waals surface area contributed by atoms with Crippen LogP contribution in [0.25, 0.3) is 28.2 Å². The van der Waals surface area contributed by atoms with E-state index in [0.717, 1.165) is 4.68 Å². The van der Waals surface area contributed by atoms with Crippen LogP contribution in [-0.4, -0.2) is 24.4 Å². The summed E-state index contributed by atoms with van der Waals surface area (Å²) in [7, 11) is 0. The summed E-state index contributed by atoms with van der Waals surface area (Å²) in [5.41, 5.74) is -2.26. The molecular formula is C19H16F3N5O3. The van der Waals surface area contributed by atoms with Crippen LogP contribution < -0.4 is 11.3 Å². The Bertz CT molecular complexity index is 1360. The molecule has 0 fully saturated rings. The minimum Gasteiger partial charge on any atom is -0.387 e. The highest BCUT2D eigenvalue weighted by atomic mass is 19.4. The van der Waals surface area contributed by atoms with E-state index in [4.69, 9.17) is 4.42 Å². The van der Waals surface area contributed by atoms with Crippen molar-refractivity contribution in [2.75, 3.05) is 0 Å². The second kappa shape index (κ2) is 6.71. The van der Waals surface area contributed by atoms with E-state index in [1.165, 1.54) is 19.1 Å².